The van der Waals surface area contributed by atoms with Gasteiger partial charge in [0.15, 0.2) is 11.5 Å². The van der Waals surface area contributed by atoms with E-state index in [-0.39, 0.29) is 17.8 Å². The minimum Gasteiger partial charge on any atom is -0.493 e. The zero-order valence-electron chi connectivity index (χ0n) is 14.3. The van der Waals surface area contributed by atoms with Crippen molar-refractivity contribution >= 4 is 50.6 Å². The SMILES string of the molecule is C#CCOc1c(Br)cc(/C=C2/SC(=O)N(c3ccccc3)C2=O)cc1OC. The van der Waals surface area contributed by atoms with Crippen LogP contribution >= 0.6 is 27.7 Å². The van der Waals surface area contributed by atoms with Crippen LogP contribution in [0.4, 0.5) is 10.5 Å². The first-order valence-corrected chi connectivity index (χ1v) is 9.43. The van der Waals surface area contributed by atoms with Crippen molar-refractivity contribution in [3.05, 3.63) is 57.4 Å². The van der Waals surface area contributed by atoms with E-state index in [1.165, 1.54) is 7.11 Å². The highest BCUT2D eigenvalue weighted by atomic mass is 79.9. The second kappa shape index (κ2) is 8.33. The van der Waals surface area contributed by atoms with Gasteiger partial charge in [-0.2, -0.15) is 0 Å². The summed E-state index contributed by atoms with van der Waals surface area (Å²) in [4.78, 5) is 26.5. The predicted molar refractivity (Wildman–Crippen MR) is 110 cm³/mol. The standard InChI is InChI=1S/C20H14BrNO4S/c1-3-9-26-18-15(21)10-13(11-16(18)25-2)12-17-19(23)22(20(24)27-17)14-7-5-4-6-8-14/h1,4-8,10-12H,9H2,2H3/b17-12+. The quantitative estimate of drug-likeness (QED) is 0.494. The highest BCUT2D eigenvalue weighted by molar-refractivity contribution is 9.10. The maximum Gasteiger partial charge on any atom is 0.298 e. The average Bonchev–Trinajstić information content (AvgIpc) is 2.94. The number of nitrogens with zero attached hydrogens (tertiary/aromatic N) is 1. The zero-order valence-corrected chi connectivity index (χ0v) is 16.7. The Labute approximate surface area is 169 Å². The van der Waals surface area contributed by atoms with Crippen LogP contribution in [-0.2, 0) is 4.79 Å². The summed E-state index contributed by atoms with van der Waals surface area (Å²) in [5.41, 5.74) is 1.23. The van der Waals surface area contributed by atoms with Crippen LogP contribution in [0.3, 0.4) is 0 Å². The molecule has 3 rings (SSSR count). The largest absolute Gasteiger partial charge is 0.493 e. The van der Waals surface area contributed by atoms with Gasteiger partial charge in [0.25, 0.3) is 11.1 Å². The van der Waals surface area contributed by atoms with Gasteiger partial charge in [0.2, 0.25) is 0 Å². The van der Waals surface area contributed by atoms with Gasteiger partial charge in [-0.1, -0.05) is 24.1 Å². The molecule has 0 bridgehead atoms. The number of thioether (sulfide) groups is 1. The maximum absolute atomic E-state index is 12.7. The number of para-hydroxylation sites is 1. The summed E-state index contributed by atoms with van der Waals surface area (Å²) in [7, 11) is 1.51. The van der Waals surface area contributed by atoms with Crippen LogP contribution in [0.2, 0.25) is 0 Å². The Morgan fingerprint density at radius 2 is 2.00 bits per heavy atom. The molecule has 2 amide bonds. The smallest absolute Gasteiger partial charge is 0.298 e. The van der Waals surface area contributed by atoms with Crippen LogP contribution in [0, 0.1) is 12.3 Å². The van der Waals surface area contributed by atoms with E-state index in [0.29, 0.717) is 32.1 Å². The van der Waals surface area contributed by atoms with E-state index in [1.807, 2.05) is 6.07 Å². The second-order valence-electron chi connectivity index (χ2n) is 5.38. The van der Waals surface area contributed by atoms with Crippen LogP contribution in [-0.4, -0.2) is 24.9 Å². The van der Waals surface area contributed by atoms with Crippen molar-refractivity contribution in [2.24, 2.45) is 0 Å². The first-order valence-electron chi connectivity index (χ1n) is 7.82. The fourth-order valence-electron chi connectivity index (χ4n) is 2.50. The number of methoxy groups -OCH3 is 1. The normalized spacial score (nSPS) is 15.1. The summed E-state index contributed by atoms with van der Waals surface area (Å²) in [5, 5.41) is -0.336. The molecule has 0 saturated carbocycles. The first-order chi connectivity index (χ1) is 13.0. The Hall–Kier alpha value is -2.69. The molecule has 7 heteroatoms. The van der Waals surface area contributed by atoms with Gasteiger partial charge < -0.3 is 9.47 Å². The van der Waals surface area contributed by atoms with E-state index in [2.05, 4.69) is 21.9 Å². The van der Waals surface area contributed by atoms with Gasteiger partial charge in [0, 0.05) is 0 Å². The highest BCUT2D eigenvalue weighted by Gasteiger charge is 2.36. The van der Waals surface area contributed by atoms with Crippen LogP contribution in [0.5, 0.6) is 11.5 Å². The average molecular weight is 444 g/mol. The summed E-state index contributed by atoms with van der Waals surface area (Å²) in [6, 6.07) is 12.3. The molecule has 1 fully saturated rings. The molecule has 2 aromatic carbocycles. The van der Waals surface area contributed by atoms with E-state index in [1.54, 1.807) is 42.5 Å². The number of hydrogen-bond acceptors (Lipinski definition) is 5. The van der Waals surface area contributed by atoms with Gasteiger partial charge in [-0.15, -0.1) is 6.42 Å². The van der Waals surface area contributed by atoms with Gasteiger partial charge in [0.1, 0.15) is 6.61 Å². The minimum absolute atomic E-state index is 0.101. The van der Waals surface area contributed by atoms with Crippen molar-refractivity contribution in [2.75, 3.05) is 18.6 Å². The third-order valence-corrected chi connectivity index (χ3v) is 5.12. The number of hydrogen-bond donors (Lipinski definition) is 0. The van der Waals surface area contributed by atoms with Crippen LogP contribution in [0.15, 0.2) is 51.8 Å². The molecule has 0 spiro atoms. The Morgan fingerprint density at radius 3 is 2.67 bits per heavy atom. The molecule has 5 nitrogen and oxygen atoms in total. The molecule has 1 heterocycles. The van der Waals surface area contributed by atoms with Gasteiger partial charge in [-0.05, 0) is 63.6 Å². The molecule has 0 unspecified atom stereocenters. The number of halogens is 1. The molecule has 0 radical (unpaired) electrons. The summed E-state index contributed by atoms with van der Waals surface area (Å²) < 4.78 is 11.5. The van der Waals surface area contributed by atoms with Gasteiger partial charge in [-0.3, -0.25) is 9.59 Å². The van der Waals surface area contributed by atoms with Crippen molar-refractivity contribution in [1.82, 2.24) is 0 Å². The summed E-state index contributed by atoms with van der Waals surface area (Å²) in [6.07, 6.45) is 6.87. The van der Waals surface area contributed by atoms with Crippen molar-refractivity contribution < 1.29 is 19.1 Å². The van der Waals surface area contributed by atoms with Crippen LogP contribution in [0.1, 0.15) is 5.56 Å². The Balaban J connectivity index is 1.93. The lowest BCUT2D eigenvalue weighted by Gasteiger charge is -2.12. The number of terminal acetylenes is 1. The highest BCUT2D eigenvalue weighted by Crippen LogP contribution is 2.39. The molecule has 27 heavy (non-hydrogen) atoms. The number of benzene rings is 2. The van der Waals surface area contributed by atoms with E-state index < -0.39 is 0 Å². The monoisotopic (exact) mass is 443 g/mol. The fourth-order valence-corrected chi connectivity index (χ4v) is 3.91. The Bertz CT molecular complexity index is 966. The summed E-state index contributed by atoms with van der Waals surface area (Å²) in [6.45, 7) is 0.101. The number of rotatable bonds is 5. The molecule has 0 atom stereocenters. The molecule has 136 valence electrons. The number of anilines is 1. The van der Waals surface area contributed by atoms with E-state index >= 15 is 0 Å². The Morgan fingerprint density at radius 1 is 1.26 bits per heavy atom. The van der Waals surface area contributed by atoms with Gasteiger partial charge in [-0.25, -0.2) is 4.90 Å². The molecule has 0 N–H and O–H groups in total. The molecule has 2 aromatic rings. The van der Waals surface area contributed by atoms with Gasteiger partial charge in [0.05, 0.1) is 22.2 Å². The fraction of sp³-hybridized carbons (Fsp3) is 0.100. The van der Waals surface area contributed by atoms with Crippen LogP contribution in [0.25, 0.3) is 6.08 Å². The number of imide groups is 1. The second-order valence-corrected chi connectivity index (χ2v) is 7.23. The minimum atomic E-state index is -0.362. The lowest BCUT2D eigenvalue weighted by molar-refractivity contribution is -0.113. The summed E-state index contributed by atoms with van der Waals surface area (Å²) in [5.74, 6) is 2.98. The van der Waals surface area contributed by atoms with Gasteiger partial charge >= 0.3 is 0 Å². The number of amides is 2. The molecule has 1 aliphatic heterocycles. The van der Waals surface area contributed by atoms with Crippen molar-refractivity contribution in [1.29, 1.82) is 0 Å². The van der Waals surface area contributed by atoms with Crippen molar-refractivity contribution in [3.8, 4) is 23.8 Å². The van der Waals surface area contributed by atoms with E-state index in [0.717, 1.165) is 16.7 Å². The Kier molecular flexibility index (Phi) is 5.89. The maximum atomic E-state index is 12.7. The molecule has 0 aliphatic carbocycles. The number of carbonyl (C=O) groups is 2. The number of ether oxygens (including phenoxy) is 2. The predicted octanol–water partition coefficient (Wildman–Crippen LogP) is 4.71. The van der Waals surface area contributed by atoms with Crippen molar-refractivity contribution in [3.63, 3.8) is 0 Å². The third kappa shape index (κ3) is 4.02. The molecule has 1 saturated heterocycles. The van der Waals surface area contributed by atoms with E-state index in [9.17, 15) is 9.59 Å². The molecule has 1 aliphatic rings. The lowest BCUT2D eigenvalue weighted by Crippen LogP contribution is -2.27. The van der Waals surface area contributed by atoms with Crippen LogP contribution < -0.4 is 14.4 Å². The lowest BCUT2D eigenvalue weighted by atomic mass is 10.1. The van der Waals surface area contributed by atoms with E-state index in [4.69, 9.17) is 15.9 Å². The molecular formula is C20H14BrNO4S. The topological polar surface area (TPSA) is 55.8 Å². The zero-order chi connectivity index (χ0) is 19.4. The third-order valence-electron chi connectivity index (χ3n) is 3.66. The number of carbonyl (C=O) groups excluding carboxylic acids is 2. The first kappa shape index (κ1) is 19.1. The molecule has 0 aromatic heterocycles. The summed E-state index contributed by atoms with van der Waals surface area (Å²) >= 11 is 4.32. The van der Waals surface area contributed by atoms with Crippen molar-refractivity contribution in [2.45, 2.75) is 0 Å². The molecular weight excluding hydrogens is 430 g/mol.